The van der Waals surface area contributed by atoms with E-state index in [1.54, 1.807) is 31.2 Å². The fourth-order valence-electron chi connectivity index (χ4n) is 1.34. The molecule has 0 aromatic heterocycles. The molecule has 0 aliphatic carbocycles. The molecule has 0 radical (unpaired) electrons. The maximum atomic E-state index is 12.2. The van der Waals surface area contributed by atoms with Gasteiger partial charge in [-0.2, -0.15) is 13.2 Å². The molecular weight excluding hydrogens is 257 g/mol. The van der Waals surface area contributed by atoms with Crippen molar-refractivity contribution in [2.75, 3.05) is 0 Å². The van der Waals surface area contributed by atoms with Crippen LogP contribution in [0.3, 0.4) is 0 Å². The van der Waals surface area contributed by atoms with Crippen molar-refractivity contribution < 1.29 is 13.2 Å². The summed E-state index contributed by atoms with van der Waals surface area (Å²) in [6.45, 7) is 1.76. The molecule has 0 heterocycles. The van der Waals surface area contributed by atoms with E-state index in [4.69, 9.17) is 11.6 Å². The van der Waals surface area contributed by atoms with Crippen LogP contribution in [0.5, 0.6) is 0 Å². The monoisotopic (exact) mass is 268 g/mol. The average Bonchev–Trinajstić information content (AvgIpc) is 2.18. The Balaban J connectivity index is 2.60. The van der Waals surface area contributed by atoms with Crippen LogP contribution in [0.1, 0.15) is 18.9 Å². The Labute approximate surface area is 102 Å². The van der Waals surface area contributed by atoms with E-state index in [0.717, 1.165) is 5.56 Å². The second-order valence-corrected chi connectivity index (χ2v) is 5.23. The van der Waals surface area contributed by atoms with Crippen molar-refractivity contribution >= 4 is 23.4 Å². The van der Waals surface area contributed by atoms with Crippen molar-refractivity contribution in [3.05, 3.63) is 34.9 Å². The van der Waals surface area contributed by atoms with Crippen molar-refractivity contribution in [3.8, 4) is 0 Å². The number of thioether (sulfide) groups is 1. The minimum absolute atomic E-state index is 0.0679. The Hall–Kier alpha value is -0.350. The van der Waals surface area contributed by atoms with Gasteiger partial charge in [-0.25, -0.2) is 0 Å². The van der Waals surface area contributed by atoms with Gasteiger partial charge < -0.3 is 0 Å². The highest BCUT2D eigenvalue weighted by Crippen LogP contribution is 2.36. The number of hydrogen-bond donors (Lipinski definition) is 0. The topological polar surface area (TPSA) is 0 Å². The second-order valence-electron chi connectivity index (χ2n) is 3.42. The Bertz CT molecular complexity index is 321. The molecule has 0 aliphatic heterocycles. The number of alkyl halides is 3. The van der Waals surface area contributed by atoms with Crippen LogP contribution in [0.2, 0.25) is 5.02 Å². The maximum Gasteiger partial charge on any atom is 0.442 e. The Morgan fingerprint density at radius 3 is 2.25 bits per heavy atom. The SMILES string of the molecule is CC[C@@H](Cc1ccc(Cl)cc1)SC(F)(F)F. The quantitative estimate of drug-likeness (QED) is 0.747. The zero-order valence-corrected chi connectivity index (χ0v) is 10.3. The first kappa shape index (κ1) is 13.7. The van der Waals surface area contributed by atoms with Gasteiger partial charge in [0.05, 0.1) is 0 Å². The van der Waals surface area contributed by atoms with Crippen LogP contribution >= 0.6 is 23.4 Å². The Kier molecular flexibility index (Phi) is 4.99. The predicted octanol–water partition coefficient (Wildman–Crippen LogP) is 4.91. The molecule has 0 saturated carbocycles. The number of hydrogen-bond acceptors (Lipinski definition) is 1. The van der Waals surface area contributed by atoms with Crippen LogP contribution in [0.4, 0.5) is 13.2 Å². The standard InChI is InChI=1S/C11H12ClF3S/c1-2-10(16-11(13,14)15)7-8-3-5-9(12)6-4-8/h3-6,10H,2,7H2,1H3/t10-/m0/s1. The van der Waals surface area contributed by atoms with E-state index < -0.39 is 10.8 Å². The molecule has 1 rings (SSSR count). The summed E-state index contributed by atoms with van der Waals surface area (Å²) in [4.78, 5) is 0. The lowest BCUT2D eigenvalue weighted by Crippen LogP contribution is -2.13. The molecule has 1 aromatic carbocycles. The van der Waals surface area contributed by atoms with Crippen LogP contribution in [0, 0.1) is 0 Å². The van der Waals surface area contributed by atoms with Gasteiger partial charge in [0, 0.05) is 10.3 Å². The molecule has 0 N–H and O–H groups in total. The first-order valence-electron chi connectivity index (χ1n) is 4.89. The maximum absolute atomic E-state index is 12.2. The third kappa shape index (κ3) is 5.12. The molecule has 0 unspecified atom stereocenters. The van der Waals surface area contributed by atoms with Crippen molar-refractivity contribution in [3.63, 3.8) is 0 Å². The highest BCUT2D eigenvalue weighted by molar-refractivity contribution is 8.00. The molecule has 1 atom stereocenters. The number of rotatable bonds is 4. The van der Waals surface area contributed by atoms with Crippen molar-refractivity contribution in [1.29, 1.82) is 0 Å². The molecule has 90 valence electrons. The number of benzene rings is 1. The summed E-state index contributed by atoms with van der Waals surface area (Å²) in [7, 11) is 0. The lowest BCUT2D eigenvalue weighted by molar-refractivity contribution is -0.0334. The van der Waals surface area contributed by atoms with E-state index in [1.165, 1.54) is 0 Å². The normalized spacial score (nSPS) is 13.8. The smallest absolute Gasteiger partial charge is 0.160 e. The third-order valence-electron chi connectivity index (χ3n) is 2.13. The first-order chi connectivity index (χ1) is 7.40. The van der Waals surface area contributed by atoms with Gasteiger partial charge in [-0.3, -0.25) is 0 Å². The largest absolute Gasteiger partial charge is 0.442 e. The van der Waals surface area contributed by atoms with E-state index in [2.05, 4.69) is 0 Å². The summed E-state index contributed by atoms with van der Waals surface area (Å²) in [6, 6.07) is 6.92. The summed E-state index contributed by atoms with van der Waals surface area (Å²) in [6.07, 6.45) is 0.907. The molecule has 5 heteroatoms. The summed E-state index contributed by atoms with van der Waals surface area (Å²) in [5.74, 6) is 0. The van der Waals surface area contributed by atoms with Gasteiger partial charge in [0.1, 0.15) is 0 Å². The molecule has 0 saturated heterocycles. The zero-order valence-electron chi connectivity index (χ0n) is 8.72. The highest BCUT2D eigenvalue weighted by atomic mass is 35.5. The van der Waals surface area contributed by atoms with E-state index in [1.807, 2.05) is 0 Å². The third-order valence-corrected chi connectivity index (χ3v) is 3.48. The lowest BCUT2D eigenvalue weighted by Gasteiger charge is -2.16. The minimum Gasteiger partial charge on any atom is -0.160 e. The van der Waals surface area contributed by atoms with Crippen LogP contribution in [-0.2, 0) is 6.42 Å². The zero-order chi connectivity index (χ0) is 12.2. The summed E-state index contributed by atoms with van der Waals surface area (Å²) >= 11 is 5.77. The average molecular weight is 269 g/mol. The highest BCUT2D eigenvalue weighted by Gasteiger charge is 2.32. The molecule has 0 fully saturated rings. The summed E-state index contributed by atoms with van der Waals surface area (Å²) in [5.41, 5.74) is -3.28. The summed E-state index contributed by atoms with van der Waals surface area (Å²) < 4.78 is 36.6. The molecule has 1 aromatic rings. The fraction of sp³-hybridized carbons (Fsp3) is 0.455. The van der Waals surface area contributed by atoms with Crippen LogP contribution in [0.25, 0.3) is 0 Å². The van der Waals surface area contributed by atoms with E-state index in [9.17, 15) is 13.2 Å². The van der Waals surface area contributed by atoms with E-state index >= 15 is 0 Å². The molecule has 0 bridgehead atoms. The Morgan fingerprint density at radius 2 is 1.81 bits per heavy atom. The van der Waals surface area contributed by atoms with Gasteiger partial charge in [0.15, 0.2) is 0 Å². The van der Waals surface area contributed by atoms with Crippen molar-refractivity contribution in [2.45, 2.75) is 30.5 Å². The molecule has 0 nitrogen and oxygen atoms in total. The number of halogens is 4. The predicted molar refractivity (Wildman–Crippen MR) is 62.9 cm³/mol. The molecule has 0 amide bonds. The van der Waals surface area contributed by atoms with Gasteiger partial charge in [-0.1, -0.05) is 30.7 Å². The minimum atomic E-state index is -4.16. The van der Waals surface area contributed by atoms with Gasteiger partial charge in [-0.15, -0.1) is 0 Å². The second kappa shape index (κ2) is 5.82. The molecule has 0 aliphatic rings. The van der Waals surface area contributed by atoms with Crippen LogP contribution in [0.15, 0.2) is 24.3 Å². The molecule has 0 spiro atoms. The van der Waals surface area contributed by atoms with Crippen molar-refractivity contribution in [1.82, 2.24) is 0 Å². The van der Waals surface area contributed by atoms with Crippen LogP contribution < -0.4 is 0 Å². The van der Waals surface area contributed by atoms with Crippen molar-refractivity contribution in [2.24, 2.45) is 0 Å². The van der Waals surface area contributed by atoms with Gasteiger partial charge >= 0.3 is 5.51 Å². The van der Waals surface area contributed by atoms with Crippen LogP contribution in [-0.4, -0.2) is 10.8 Å². The fourth-order valence-corrected chi connectivity index (χ4v) is 2.29. The first-order valence-corrected chi connectivity index (χ1v) is 6.15. The molecule has 16 heavy (non-hydrogen) atoms. The van der Waals surface area contributed by atoms with Gasteiger partial charge in [0.2, 0.25) is 0 Å². The lowest BCUT2D eigenvalue weighted by atomic mass is 10.1. The van der Waals surface area contributed by atoms with E-state index in [0.29, 0.717) is 17.9 Å². The molecular formula is C11H12ClF3S. The van der Waals surface area contributed by atoms with E-state index in [-0.39, 0.29) is 11.8 Å². The summed E-state index contributed by atoms with van der Waals surface area (Å²) in [5, 5.41) is 0.168. The van der Waals surface area contributed by atoms with Gasteiger partial charge in [0.25, 0.3) is 0 Å². The van der Waals surface area contributed by atoms with Gasteiger partial charge in [-0.05, 0) is 42.3 Å². The Morgan fingerprint density at radius 1 is 1.25 bits per heavy atom.